The van der Waals surface area contributed by atoms with Gasteiger partial charge in [0.1, 0.15) is 0 Å². The van der Waals surface area contributed by atoms with Crippen LogP contribution in [0.2, 0.25) is 0 Å². The van der Waals surface area contributed by atoms with Crippen LogP contribution in [0.4, 0.5) is 0 Å². The van der Waals surface area contributed by atoms with Gasteiger partial charge in [0.05, 0.1) is 0 Å². The van der Waals surface area contributed by atoms with Crippen LogP contribution in [0, 0.1) is 0 Å². The molecule has 9 aromatic carbocycles. The standard InChI is InChI=1S/C55H37N3/c1-4-15-38(16-5-1)43-23-12-26-48(34-43)53-56-54(49-27-13-24-44(35-49)39-17-6-2-7-18-39)58-55(57-53)50-28-14-25-47(36-50)51-32-31-46(37-52(51)41-20-8-3-9-21-41)45-30-29-40-19-10-11-22-42(40)33-45/h1-37H. The number of rotatable bonds is 8. The zero-order chi connectivity index (χ0) is 38.7. The smallest absolute Gasteiger partial charge is 0.164 e. The van der Waals surface area contributed by atoms with Crippen LogP contribution in [0.15, 0.2) is 224 Å². The highest BCUT2D eigenvalue weighted by molar-refractivity contribution is 5.91. The van der Waals surface area contributed by atoms with Gasteiger partial charge in [-0.05, 0) is 96.7 Å². The lowest BCUT2D eigenvalue weighted by Crippen LogP contribution is -2.00. The van der Waals surface area contributed by atoms with E-state index in [1.165, 1.54) is 21.9 Å². The van der Waals surface area contributed by atoms with Gasteiger partial charge in [-0.15, -0.1) is 0 Å². The molecular formula is C55H37N3. The van der Waals surface area contributed by atoms with Gasteiger partial charge in [0.2, 0.25) is 0 Å². The Bertz CT molecular complexity index is 2950. The van der Waals surface area contributed by atoms with E-state index in [9.17, 15) is 0 Å². The van der Waals surface area contributed by atoms with E-state index in [4.69, 9.17) is 15.0 Å². The van der Waals surface area contributed by atoms with Crippen molar-refractivity contribution < 1.29 is 0 Å². The highest BCUT2D eigenvalue weighted by Crippen LogP contribution is 2.38. The largest absolute Gasteiger partial charge is 0.208 e. The molecule has 3 nitrogen and oxygen atoms in total. The zero-order valence-corrected chi connectivity index (χ0v) is 31.7. The predicted octanol–water partition coefficient (Wildman–Crippen LogP) is 14.4. The Labute approximate surface area is 338 Å². The number of hydrogen-bond acceptors (Lipinski definition) is 3. The Morgan fingerprint density at radius 3 is 1.12 bits per heavy atom. The third kappa shape index (κ3) is 7.09. The Hall–Kier alpha value is -7.75. The summed E-state index contributed by atoms with van der Waals surface area (Å²) in [6.07, 6.45) is 0. The van der Waals surface area contributed by atoms with E-state index in [1.807, 2.05) is 12.1 Å². The van der Waals surface area contributed by atoms with Gasteiger partial charge in [-0.3, -0.25) is 0 Å². The van der Waals surface area contributed by atoms with Gasteiger partial charge >= 0.3 is 0 Å². The predicted molar refractivity (Wildman–Crippen MR) is 241 cm³/mol. The summed E-state index contributed by atoms with van der Waals surface area (Å²) in [6, 6.07) is 79.0. The van der Waals surface area contributed by atoms with Gasteiger partial charge in [0, 0.05) is 16.7 Å². The minimum atomic E-state index is 0.617. The third-order valence-electron chi connectivity index (χ3n) is 10.7. The zero-order valence-electron chi connectivity index (χ0n) is 31.7. The monoisotopic (exact) mass is 739 g/mol. The van der Waals surface area contributed by atoms with E-state index >= 15 is 0 Å². The quantitative estimate of drug-likeness (QED) is 0.156. The van der Waals surface area contributed by atoms with Crippen LogP contribution in [0.3, 0.4) is 0 Å². The SMILES string of the molecule is c1ccc(-c2cccc(-c3nc(-c4cccc(-c5ccccc5)c4)nc(-c4cccc(-c5ccc(-c6ccc7ccccc7c6)cc5-c5ccccc5)c4)n3)c2)cc1. The van der Waals surface area contributed by atoms with Crippen molar-refractivity contribution >= 4 is 10.8 Å². The molecule has 0 amide bonds. The van der Waals surface area contributed by atoms with Crippen LogP contribution in [-0.4, -0.2) is 15.0 Å². The van der Waals surface area contributed by atoms with Crippen LogP contribution < -0.4 is 0 Å². The second-order valence-corrected chi connectivity index (χ2v) is 14.5. The Balaban J connectivity index is 1.11. The highest BCUT2D eigenvalue weighted by Gasteiger charge is 2.16. The fourth-order valence-electron chi connectivity index (χ4n) is 7.73. The molecular weight excluding hydrogens is 703 g/mol. The molecule has 272 valence electrons. The second kappa shape index (κ2) is 15.4. The minimum Gasteiger partial charge on any atom is -0.208 e. The number of fused-ring (bicyclic) bond motifs is 1. The summed E-state index contributed by atoms with van der Waals surface area (Å²) in [7, 11) is 0. The number of hydrogen-bond donors (Lipinski definition) is 0. The van der Waals surface area contributed by atoms with E-state index in [0.717, 1.165) is 61.2 Å². The summed E-state index contributed by atoms with van der Waals surface area (Å²) in [6.45, 7) is 0. The van der Waals surface area contributed by atoms with Crippen LogP contribution in [0.1, 0.15) is 0 Å². The third-order valence-corrected chi connectivity index (χ3v) is 10.7. The molecule has 0 radical (unpaired) electrons. The first-order valence-electron chi connectivity index (χ1n) is 19.6. The maximum atomic E-state index is 5.19. The first-order valence-corrected chi connectivity index (χ1v) is 19.6. The number of aromatic nitrogens is 3. The maximum Gasteiger partial charge on any atom is 0.164 e. The van der Waals surface area contributed by atoms with Crippen molar-refractivity contribution in [1.82, 2.24) is 15.0 Å². The lowest BCUT2D eigenvalue weighted by molar-refractivity contribution is 1.07. The number of nitrogens with zero attached hydrogens (tertiary/aromatic N) is 3. The van der Waals surface area contributed by atoms with Crippen LogP contribution >= 0.6 is 0 Å². The molecule has 0 aliphatic carbocycles. The van der Waals surface area contributed by atoms with Crippen LogP contribution in [0.25, 0.3) is 101 Å². The van der Waals surface area contributed by atoms with Crippen molar-refractivity contribution in [2.45, 2.75) is 0 Å². The second-order valence-electron chi connectivity index (χ2n) is 14.5. The molecule has 10 aromatic rings. The van der Waals surface area contributed by atoms with Crippen molar-refractivity contribution in [3.05, 3.63) is 224 Å². The average Bonchev–Trinajstić information content (AvgIpc) is 3.32. The molecule has 0 bridgehead atoms. The summed E-state index contributed by atoms with van der Waals surface area (Å²) in [5, 5.41) is 2.47. The molecule has 0 unspecified atom stereocenters. The van der Waals surface area contributed by atoms with E-state index in [0.29, 0.717) is 17.5 Å². The van der Waals surface area contributed by atoms with Crippen molar-refractivity contribution in [1.29, 1.82) is 0 Å². The molecule has 0 saturated carbocycles. The minimum absolute atomic E-state index is 0.617. The normalized spacial score (nSPS) is 11.1. The van der Waals surface area contributed by atoms with Crippen molar-refractivity contribution in [2.75, 3.05) is 0 Å². The first kappa shape index (κ1) is 34.7. The van der Waals surface area contributed by atoms with Gasteiger partial charge in [0.15, 0.2) is 17.5 Å². The molecule has 58 heavy (non-hydrogen) atoms. The molecule has 1 heterocycles. The molecule has 1 aromatic heterocycles. The van der Waals surface area contributed by atoms with Crippen molar-refractivity contribution in [3.8, 4) is 89.8 Å². The van der Waals surface area contributed by atoms with E-state index in [-0.39, 0.29) is 0 Å². The average molecular weight is 740 g/mol. The van der Waals surface area contributed by atoms with Gasteiger partial charge in [-0.25, -0.2) is 15.0 Å². The first-order chi connectivity index (χ1) is 28.7. The summed E-state index contributed by atoms with van der Waals surface area (Å²) in [5.74, 6) is 1.86. The van der Waals surface area contributed by atoms with E-state index in [2.05, 4.69) is 212 Å². The van der Waals surface area contributed by atoms with Gasteiger partial charge in [-0.1, -0.05) is 194 Å². The Morgan fingerprint density at radius 2 is 0.569 bits per heavy atom. The van der Waals surface area contributed by atoms with E-state index in [1.54, 1.807) is 0 Å². The fraction of sp³-hybridized carbons (Fsp3) is 0. The van der Waals surface area contributed by atoms with Gasteiger partial charge in [0.25, 0.3) is 0 Å². The van der Waals surface area contributed by atoms with Gasteiger partial charge < -0.3 is 0 Å². The lowest BCUT2D eigenvalue weighted by atomic mass is 9.90. The lowest BCUT2D eigenvalue weighted by Gasteiger charge is -2.15. The molecule has 0 atom stereocenters. The molecule has 0 aliphatic rings. The molecule has 0 fully saturated rings. The highest BCUT2D eigenvalue weighted by atomic mass is 15.0. The van der Waals surface area contributed by atoms with E-state index < -0.39 is 0 Å². The van der Waals surface area contributed by atoms with Crippen molar-refractivity contribution in [3.63, 3.8) is 0 Å². The molecule has 0 N–H and O–H groups in total. The molecule has 0 aliphatic heterocycles. The molecule has 0 spiro atoms. The topological polar surface area (TPSA) is 38.7 Å². The molecule has 0 saturated heterocycles. The van der Waals surface area contributed by atoms with Crippen molar-refractivity contribution in [2.24, 2.45) is 0 Å². The maximum absolute atomic E-state index is 5.19. The van der Waals surface area contributed by atoms with Crippen LogP contribution in [-0.2, 0) is 0 Å². The summed E-state index contributed by atoms with van der Waals surface area (Å²) in [4.78, 5) is 15.5. The Kier molecular flexibility index (Phi) is 9.23. The van der Waals surface area contributed by atoms with Crippen LogP contribution in [0.5, 0.6) is 0 Å². The summed E-state index contributed by atoms with van der Waals surface area (Å²) < 4.78 is 0. The molecule has 3 heteroatoms. The Morgan fingerprint density at radius 1 is 0.190 bits per heavy atom. The fourth-order valence-corrected chi connectivity index (χ4v) is 7.73. The van der Waals surface area contributed by atoms with Gasteiger partial charge in [-0.2, -0.15) is 0 Å². The summed E-state index contributed by atoms with van der Waals surface area (Å²) >= 11 is 0. The summed E-state index contributed by atoms with van der Waals surface area (Å²) in [5.41, 5.74) is 14.2. The molecule has 10 rings (SSSR count). The number of benzene rings is 9.